The van der Waals surface area contributed by atoms with Crippen LogP contribution in [0, 0.1) is 11.8 Å². The summed E-state index contributed by atoms with van der Waals surface area (Å²) in [7, 11) is 3.01. The summed E-state index contributed by atoms with van der Waals surface area (Å²) in [5.41, 5.74) is 0. The van der Waals surface area contributed by atoms with Crippen LogP contribution in [0.3, 0.4) is 0 Å². The van der Waals surface area contributed by atoms with Crippen molar-refractivity contribution in [2.45, 2.75) is 53.4 Å². The summed E-state index contributed by atoms with van der Waals surface area (Å²) in [4.78, 5) is 26.1. The first kappa shape index (κ1) is 24.6. The van der Waals surface area contributed by atoms with E-state index in [2.05, 4.69) is 12.1 Å². The van der Waals surface area contributed by atoms with Crippen LogP contribution in [0.5, 0.6) is 0 Å². The summed E-state index contributed by atoms with van der Waals surface area (Å²) in [5.74, 6) is -1.65. The van der Waals surface area contributed by atoms with Crippen LogP contribution in [-0.4, -0.2) is 96.7 Å². The van der Waals surface area contributed by atoms with E-state index < -0.39 is 48.5 Å². The van der Waals surface area contributed by atoms with E-state index in [-0.39, 0.29) is 57.0 Å². The summed E-state index contributed by atoms with van der Waals surface area (Å²) in [5, 5.41) is -0.371. The monoisotopic (exact) mass is 562 g/mol. The normalized spacial score (nSPS) is 40.7. The van der Waals surface area contributed by atoms with Crippen molar-refractivity contribution in [2.75, 3.05) is 27.8 Å². The number of carbonyl (C=O) groups excluding carboxylic acids is 2. The van der Waals surface area contributed by atoms with Crippen LogP contribution in [0.1, 0.15) is 6.42 Å². The van der Waals surface area contributed by atoms with Gasteiger partial charge in [-0.25, -0.2) is 0 Å². The van der Waals surface area contributed by atoms with Crippen molar-refractivity contribution in [1.29, 1.82) is 0 Å². The van der Waals surface area contributed by atoms with Gasteiger partial charge in [-0.3, -0.25) is 0 Å². The molecule has 0 amide bonds. The van der Waals surface area contributed by atoms with Gasteiger partial charge in [0.2, 0.25) is 0 Å². The molecule has 10 atom stereocenters. The van der Waals surface area contributed by atoms with Crippen molar-refractivity contribution in [1.82, 2.24) is 0 Å². The Hall–Kier alpha value is -1.07. The van der Waals surface area contributed by atoms with Crippen LogP contribution in [0.4, 0.5) is 0 Å². The number of rotatable bonds is 10. The Bertz CT molecular complexity index is 888. The molecule has 4 saturated heterocycles. The van der Waals surface area contributed by atoms with E-state index in [0.29, 0.717) is 0 Å². The van der Waals surface area contributed by atoms with Gasteiger partial charge in [0, 0.05) is 0 Å². The summed E-state index contributed by atoms with van der Waals surface area (Å²) in [6.07, 6.45) is -3.57. The quantitative estimate of drug-likeness (QED) is 0.176. The number of alkyl halides is 1. The zero-order valence-electron chi connectivity index (χ0n) is 18.7. The second kappa shape index (κ2) is 10.5. The van der Waals surface area contributed by atoms with Crippen molar-refractivity contribution in [3.8, 4) is 0 Å². The number of methoxy groups -OCH3 is 2. The third-order valence-electron chi connectivity index (χ3n) is 6.69. The first-order valence-corrected chi connectivity index (χ1v) is 13.4. The number of halogens is 1. The van der Waals surface area contributed by atoms with E-state index in [1.165, 1.54) is 18.7 Å². The molecule has 9 nitrogen and oxygen atoms in total. The van der Waals surface area contributed by atoms with Gasteiger partial charge in [-0.1, -0.05) is 0 Å². The van der Waals surface area contributed by atoms with Crippen LogP contribution in [-0.2, 0) is 42.7 Å². The average molecular weight is 562 g/mol. The summed E-state index contributed by atoms with van der Waals surface area (Å²) in [6, 6.07) is 10.1. The van der Waals surface area contributed by atoms with E-state index in [1.54, 1.807) is 0 Å². The fourth-order valence-electron chi connectivity index (χ4n) is 5.20. The number of esters is 1. The van der Waals surface area contributed by atoms with Crippen LogP contribution in [0.2, 0.25) is 4.82 Å². The molecule has 0 N–H and O–H groups in total. The van der Waals surface area contributed by atoms with E-state index in [0.717, 1.165) is 0 Å². The third kappa shape index (κ3) is 4.45. The predicted octanol–water partition coefficient (Wildman–Crippen LogP) is 0.645. The Morgan fingerprint density at radius 3 is 2.32 bits per heavy atom. The Balaban J connectivity index is 1.33. The molecule has 0 saturated carbocycles. The third-order valence-corrected chi connectivity index (χ3v) is 10.4. The number of ketones is 1. The van der Waals surface area contributed by atoms with Gasteiger partial charge >= 0.3 is 209 Å². The van der Waals surface area contributed by atoms with Crippen molar-refractivity contribution in [2.24, 2.45) is 11.8 Å². The van der Waals surface area contributed by atoms with Gasteiger partial charge in [-0.05, 0) is 0 Å². The number of hydrogen-bond donors (Lipinski definition) is 0. The zero-order valence-corrected chi connectivity index (χ0v) is 21.2. The molecule has 0 aromatic heterocycles. The molecule has 11 heteroatoms. The fraction of sp³-hybridized carbons (Fsp3) is 0.652. The molecule has 4 aliphatic heterocycles. The van der Waals surface area contributed by atoms with Crippen LogP contribution >= 0.6 is 11.6 Å². The topological polar surface area (TPSA) is 98.8 Å². The molecular formula is C23H27ClO9Se. The molecule has 4 bridgehead atoms. The van der Waals surface area contributed by atoms with Crippen molar-refractivity contribution < 1.29 is 42.7 Å². The standard InChI is InChI=1S/C23H27ClO9Se/c1-27-9-29-19-16-13(22(26)33-23(32-16)20(19)30-10-28-2)8-12-15(25)18-14(24)21(17(12)31-18)34-11-6-4-3-5-7-11/h3-7,12-14,16-21,23H,8-10H2,1-2H3/t12-,13+,14+,16-,17+,18+,19-,20+,21-,23+/m1/s1. The maximum absolute atomic E-state index is 13.1. The number of benzene rings is 1. The molecule has 5 rings (SSSR count). The van der Waals surface area contributed by atoms with Gasteiger partial charge in [-0.15, -0.1) is 0 Å². The molecule has 0 radical (unpaired) electrons. The zero-order chi connectivity index (χ0) is 23.8. The Labute approximate surface area is 208 Å². The van der Waals surface area contributed by atoms with Crippen molar-refractivity contribution >= 4 is 42.8 Å². The molecule has 1 aromatic rings. The minimum atomic E-state index is -0.904. The number of Topliss-reactive ketones (excluding diaryl/α,β-unsaturated/α-hetero) is 1. The number of hydrogen-bond acceptors (Lipinski definition) is 9. The fourth-order valence-corrected chi connectivity index (χ4v) is 8.50. The maximum atomic E-state index is 13.1. The Morgan fingerprint density at radius 1 is 0.941 bits per heavy atom. The number of fused-ring (bicyclic) bond motifs is 4. The summed E-state index contributed by atoms with van der Waals surface area (Å²) in [6.45, 7) is -0.0118. The van der Waals surface area contributed by atoms with Gasteiger partial charge < -0.3 is 0 Å². The second-order valence-electron chi connectivity index (χ2n) is 8.69. The molecule has 186 valence electrons. The molecule has 1 aromatic carbocycles. The SMILES string of the molecule is COCO[C@H]1[C@H](OCOC)[C@@H]2OC(=O)[C@@H](C[C@@H]3C(=O)[C@H]4O[C@@H]3[C@H]([Se]c3ccccc3)[C@H]4Cl)[C@H]1O2. The molecule has 0 unspecified atom stereocenters. The van der Waals surface area contributed by atoms with Crippen LogP contribution in [0.15, 0.2) is 30.3 Å². The van der Waals surface area contributed by atoms with Crippen molar-refractivity contribution in [3.05, 3.63) is 30.3 Å². The Morgan fingerprint density at radius 2 is 1.65 bits per heavy atom. The van der Waals surface area contributed by atoms with Gasteiger partial charge in [0.25, 0.3) is 0 Å². The molecule has 0 spiro atoms. The van der Waals surface area contributed by atoms with E-state index in [4.69, 9.17) is 44.8 Å². The number of carbonyl (C=O) groups is 2. The first-order chi connectivity index (χ1) is 16.5. The van der Waals surface area contributed by atoms with E-state index in [1.807, 2.05) is 18.2 Å². The molecule has 34 heavy (non-hydrogen) atoms. The average Bonchev–Trinajstić information content (AvgIpc) is 3.43. The molecule has 0 aliphatic carbocycles. The van der Waals surface area contributed by atoms with Gasteiger partial charge in [0.15, 0.2) is 0 Å². The summed E-state index contributed by atoms with van der Waals surface area (Å²) < 4.78 is 40.4. The van der Waals surface area contributed by atoms with Crippen LogP contribution < -0.4 is 4.46 Å². The number of ether oxygens (including phenoxy) is 7. The van der Waals surface area contributed by atoms with E-state index >= 15 is 0 Å². The molecule has 4 aliphatic rings. The summed E-state index contributed by atoms with van der Waals surface area (Å²) >= 11 is 6.68. The van der Waals surface area contributed by atoms with Gasteiger partial charge in [-0.2, -0.15) is 0 Å². The van der Waals surface area contributed by atoms with Crippen molar-refractivity contribution in [3.63, 3.8) is 0 Å². The Kier molecular flexibility index (Phi) is 7.60. The molecule has 4 fully saturated rings. The molecular weight excluding hydrogens is 535 g/mol. The van der Waals surface area contributed by atoms with Crippen LogP contribution in [0.25, 0.3) is 0 Å². The molecule has 4 heterocycles. The van der Waals surface area contributed by atoms with E-state index in [9.17, 15) is 9.59 Å². The predicted molar refractivity (Wildman–Crippen MR) is 119 cm³/mol. The van der Waals surface area contributed by atoms with Gasteiger partial charge in [0.05, 0.1) is 0 Å². The minimum absolute atomic E-state index is 0.00321. The second-order valence-corrected chi connectivity index (χ2v) is 11.8. The van der Waals surface area contributed by atoms with Gasteiger partial charge in [0.1, 0.15) is 0 Å². The first-order valence-electron chi connectivity index (χ1n) is 11.2.